The van der Waals surface area contributed by atoms with Crippen LogP contribution in [0.2, 0.25) is 0 Å². The topological polar surface area (TPSA) is 227 Å². The molecule has 4 aliphatic heterocycles. The first-order chi connectivity index (χ1) is 25.8. The molecule has 3 fully saturated rings. The molecule has 1 aromatic rings. The Hall–Kier alpha value is -2.97. The van der Waals surface area contributed by atoms with Crippen molar-refractivity contribution in [3.63, 3.8) is 0 Å². The number of ketones is 1. The maximum absolute atomic E-state index is 14.4. The Morgan fingerprint density at radius 3 is 2.40 bits per heavy atom. The summed E-state index contributed by atoms with van der Waals surface area (Å²) in [5.41, 5.74) is 3.17. The number of amides is 1. The number of oxime groups is 1. The van der Waals surface area contributed by atoms with Gasteiger partial charge in [0.05, 0.1) is 43.5 Å². The van der Waals surface area contributed by atoms with Crippen LogP contribution in [0.25, 0.3) is 0 Å². The van der Waals surface area contributed by atoms with Crippen LogP contribution in [-0.2, 0) is 49.3 Å². The summed E-state index contributed by atoms with van der Waals surface area (Å²) in [6.07, 6.45) is -6.26. The molecular formula is C37H58N6O11S. The molecule has 4 N–H and O–H groups in total. The molecule has 0 radical (unpaired) electrons. The molecule has 18 heteroatoms. The number of carbonyl (C=O) groups is 3. The van der Waals surface area contributed by atoms with Crippen LogP contribution in [0, 0.1) is 23.7 Å². The number of carbonyl (C=O) groups excluding carboxylic acids is 3. The lowest BCUT2D eigenvalue weighted by Crippen LogP contribution is -2.60. The molecule has 1 unspecified atom stereocenters. The van der Waals surface area contributed by atoms with E-state index >= 15 is 0 Å². The highest BCUT2D eigenvalue weighted by Gasteiger charge is 2.53. The number of fused-ring (bicyclic) bond motifs is 4. The number of hydrogen-bond donors (Lipinski definition) is 3. The van der Waals surface area contributed by atoms with Crippen molar-refractivity contribution in [3.05, 3.63) is 5.01 Å². The fraction of sp³-hybridized carbons (Fsp3) is 0.811. The largest absolute Gasteiger partial charge is 0.459 e. The summed E-state index contributed by atoms with van der Waals surface area (Å²) in [5.74, 6) is -5.56. The first-order valence-electron chi connectivity index (χ1n) is 19.1. The summed E-state index contributed by atoms with van der Waals surface area (Å²) in [6, 6.07) is -0.316. The third-order valence-corrected chi connectivity index (χ3v) is 12.3. The molecule has 55 heavy (non-hydrogen) atoms. The van der Waals surface area contributed by atoms with Crippen LogP contribution in [-0.4, -0.2) is 142 Å². The summed E-state index contributed by atoms with van der Waals surface area (Å²) < 4.78 is 32.2. The van der Waals surface area contributed by atoms with Gasteiger partial charge in [-0.05, 0) is 67.0 Å². The summed E-state index contributed by atoms with van der Waals surface area (Å²) in [6.45, 7) is 13.3. The third-order valence-electron chi connectivity index (χ3n) is 11.5. The van der Waals surface area contributed by atoms with Crippen molar-refractivity contribution in [2.45, 2.75) is 141 Å². The number of aliphatic imine (C=N–C) groups is 1. The van der Waals surface area contributed by atoms with E-state index in [1.807, 2.05) is 32.8 Å². The van der Waals surface area contributed by atoms with Gasteiger partial charge in [-0.25, -0.2) is 4.99 Å². The second-order valence-corrected chi connectivity index (χ2v) is 17.3. The maximum Gasteiger partial charge on any atom is 0.316 e. The van der Waals surface area contributed by atoms with Crippen LogP contribution in [0.3, 0.4) is 0 Å². The van der Waals surface area contributed by atoms with Crippen molar-refractivity contribution >= 4 is 45.6 Å². The van der Waals surface area contributed by atoms with Gasteiger partial charge in [-0.3, -0.25) is 14.4 Å². The molecule has 0 aliphatic carbocycles. The van der Waals surface area contributed by atoms with Crippen molar-refractivity contribution < 1.29 is 53.1 Å². The van der Waals surface area contributed by atoms with Gasteiger partial charge in [0.1, 0.15) is 34.4 Å². The van der Waals surface area contributed by atoms with Crippen molar-refractivity contribution in [3.8, 4) is 0 Å². The van der Waals surface area contributed by atoms with E-state index in [0.717, 1.165) is 11.3 Å². The van der Waals surface area contributed by atoms with Gasteiger partial charge in [0, 0.05) is 23.6 Å². The lowest BCUT2D eigenvalue weighted by molar-refractivity contribution is -0.296. The quantitative estimate of drug-likeness (QED) is 0.276. The highest BCUT2D eigenvalue weighted by Crippen LogP contribution is 2.40. The number of aromatic nitrogens is 2. The number of rotatable bonds is 6. The Balaban J connectivity index is 1.70. The SMILES string of the molecule is CC[C@H]1OC(=O)[C@H](C)C(=O)[C@H](C)[C@@H](O[C@@H]2O[C@H](C)C[C@H](N(C)C)[C@H]2O)[C@@]2(C)C[C@@H](C)C3=NC(=O)C(Cc4nnc(N)s4)O/N=C(\CO[C@@H]([C@@H]3C)[C@]1(C)O)CO2. The van der Waals surface area contributed by atoms with Crippen LogP contribution in [0.15, 0.2) is 10.1 Å². The van der Waals surface area contributed by atoms with Gasteiger partial charge in [0.25, 0.3) is 5.91 Å². The first kappa shape index (κ1) is 43.2. The van der Waals surface area contributed by atoms with Crippen LogP contribution in [0.5, 0.6) is 0 Å². The standard InChI is InChI=1S/C37H58N6O11S/c1-11-25-37(8,48)31-19(4)27-17(2)14-36(7,50-16-22(15-49-31)42-54-24(32(46)39-27)13-26-40-41-35(38)55-26)30(20(5)28(44)21(6)33(47)52-25)53-34-29(45)23(43(9)10)12-18(3)51-34/h17-21,23-25,29-31,34,45,48H,11-16H2,1-10H3,(H2,38,41)/b39-27?,42-22+/t17-,18-,19-,20+,21-,23+,24?,25-,29-,30-,31+,34+,36-,37-/m1/s1. The van der Waals surface area contributed by atoms with E-state index in [2.05, 4.69) is 20.3 Å². The lowest BCUT2D eigenvalue weighted by atomic mass is 9.73. The third kappa shape index (κ3) is 9.27. The maximum atomic E-state index is 14.4. The molecule has 17 nitrogen and oxygen atoms in total. The number of nitrogens with zero attached hydrogens (tertiary/aromatic N) is 5. The molecule has 4 aliphatic rings. The van der Waals surface area contributed by atoms with Crippen molar-refractivity contribution in [2.24, 2.45) is 33.8 Å². The molecule has 308 valence electrons. The summed E-state index contributed by atoms with van der Waals surface area (Å²) >= 11 is 1.11. The van der Waals surface area contributed by atoms with E-state index in [0.29, 0.717) is 17.1 Å². The van der Waals surface area contributed by atoms with Crippen LogP contribution in [0.4, 0.5) is 5.13 Å². The fourth-order valence-corrected chi connectivity index (χ4v) is 9.08. The van der Waals surface area contributed by atoms with E-state index in [9.17, 15) is 24.6 Å². The number of cyclic esters (lactones) is 1. The molecule has 4 bridgehead atoms. The molecule has 0 aromatic carbocycles. The normalized spacial score (nSPS) is 42.0. The summed E-state index contributed by atoms with van der Waals surface area (Å²) in [4.78, 5) is 54.8. The van der Waals surface area contributed by atoms with E-state index in [-0.39, 0.29) is 55.5 Å². The highest BCUT2D eigenvalue weighted by atomic mass is 32.1. The molecule has 3 saturated heterocycles. The number of anilines is 1. The number of likely N-dealkylation sites (N-methyl/N-ethyl adjacent to an activating group) is 1. The zero-order chi connectivity index (χ0) is 40.6. The second kappa shape index (κ2) is 17.3. The number of nitrogens with two attached hydrogens (primary N) is 1. The Labute approximate surface area is 326 Å². The van der Waals surface area contributed by atoms with Gasteiger partial charge in [-0.15, -0.1) is 10.2 Å². The minimum absolute atomic E-state index is 0.0116. The molecule has 5 heterocycles. The zero-order valence-corrected chi connectivity index (χ0v) is 34.3. The average Bonchev–Trinajstić information content (AvgIpc) is 3.53. The number of hydrogen-bond acceptors (Lipinski definition) is 17. The molecular weight excluding hydrogens is 737 g/mol. The Morgan fingerprint density at radius 1 is 1.05 bits per heavy atom. The number of nitrogen functional groups attached to an aromatic ring is 1. The molecule has 1 amide bonds. The summed E-state index contributed by atoms with van der Waals surface area (Å²) in [5, 5.41) is 36.8. The molecule has 5 rings (SSSR count). The van der Waals surface area contributed by atoms with Crippen molar-refractivity contribution in [2.75, 3.05) is 33.0 Å². The minimum atomic E-state index is -1.84. The highest BCUT2D eigenvalue weighted by molar-refractivity contribution is 7.15. The number of aliphatic hydroxyl groups is 2. The fourth-order valence-electron chi connectivity index (χ4n) is 8.44. The molecule has 0 spiro atoms. The van der Waals surface area contributed by atoms with Gasteiger partial charge in [-0.2, -0.15) is 0 Å². The Bertz CT molecular complexity index is 1620. The molecule has 0 saturated carbocycles. The van der Waals surface area contributed by atoms with Crippen LogP contribution in [0.1, 0.15) is 79.7 Å². The molecule has 14 atom stereocenters. The number of Topliss-reactive ketones (excluding diaryl/α,β-unsaturated/α-hetero) is 1. The molecule has 1 aromatic heterocycles. The van der Waals surface area contributed by atoms with Gasteiger partial charge < -0.3 is 49.4 Å². The van der Waals surface area contributed by atoms with Gasteiger partial charge >= 0.3 is 5.97 Å². The Kier molecular flexibility index (Phi) is 13.5. The number of esters is 1. The van der Waals surface area contributed by atoms with Crippen LogP contribution >= 0.6 is 11.3 Å². The van der Waals surface area contributed by atoms with E-state index < -0.39 is 89.3 Å². The lowest BCUT2D eigenvalue weighted by Gasteiger charge is -2.47. The predicted molar refractivity (Wildman–Crippen MR) is 201 cm³/mol. The van der Waals surface area contributed by atoms with E-state index in [4.69, 9.17) is 34.3 Å². The van der Waals surface area contributed by atoms with E-state index in [1.54, 1.807) is 27.7 Å². The summed E-state index contributed by atoms with van der Waals surface area (Å²) in [7, 11) is 3.72. The van der Waals surface area contributed by atoms with Gasteiger partial charge in [-0.1, -0.05) is 44.2 Å². The van der Waals surface area contributed by atoms with Crippen LogP contribution < -0.4 is 5.73 Å². The monoisotopic (exact) mass is 794 g/mol. The average molecular weight is 795 g/mol. The first-order valence-corrected chi connectivity index (χ1v) is 19.9. The number of aliphatic hydroxyl groups excluding tert-OH is 1. The second-order valence-electron chi connectivity index (χ2n) is 16.2. The minimum Gasteiger partial charge on any atom is -0.459 e. The Morgan fingerprint density at radius 2 is 1.76 bits per heavy atom. The van der Waals surface area contributed by atoms with Crippen molar-refractivity contribution in [1.29, 1.82) is 0 Å². The number of ether oxygens (including phenoxy) is 5. The smallest absolute Gasteiger partial charge is 0.316 e. The van der Waals surface area contributed by atoms with Gasteiger partial charge in [0.15, 0.2) is 12.1 Å². The van der Waals surface area contributed by atoms with Gasteiger partial charge in [0.2, 0.25) is 11.2 Å². The van der Waals surface area contributed by atoms with E-state index in [1.165, 1.54) is 13.8 Å². The van der Waals surface area contributed by atoms with Crippen molar-refractivity contribution in [1.82, 2.24) is 15.1 Å². The predicted octanol–water partition coefficient (Wildman–Crippen LogP) is 1.96. The zero-order valence-electron chi connectivity index (χ0n) is 33.5.